The van der Waals surface area contributed by atoms with Crippen molar-refractivity contribution in [2.75, 3.05) is 13.1 Å². The third-order valence-corrected chi connectivity index (χ3v) is 5.49. The Bertz CT molecular complexity index is 630. The smallest absolute Gasteiger partial charge is 0.207 e. The van der Waals surface area contributed by atoms with Crippen LogP contribution in [0.2, 0.25) is 0 Å². The summed E-state index contributed by atoms with van der Waals surface area (Å²) in [6.07, 6.45) is 2.64. The van der Waals surface area contributed by atoms with Gasteiger partial charge in [0.2, 0.25) is 10.0 Å². The number of rotatable bonds is 2. The summed E-state index contributed by atoms with van der Waals surface area (Å²) in [5.41, 5.74) is 1.30. The third kappa shape index (κ3) is 2.94. The van der Waals surface area contributed by atoms with E-state index in [9.17, 15) is 12.8 Å². The SMILES string of the molecule is CC(C)(C)C1=CCN(S(=O)(=O)c2ccccc2F)CC1. The molecule has 0 saturated heterocycles. The normalized spacial score (nSPS) is 17.9. The molecule has 0 amide bonds. The maximum absolute atomic E-state index is 13.7. The van der Waals surface area contributed by atoms with Crippen molar-refractivity contribution < 1.29 is 12.8 Å². The Balaban J connectivity index is 2.27. The molecule has 5 heteroatoms. The van der Waals surface area contributed by atoms with Gasteiger partial charge in [-0.15, -0.1) is 0 Å². The molecule has 0 unspecified atom stereocenters. The lowest BCUT2D eigenvalue weighted by molar-refractivity contribution is 0.387. The Hall–Kier alpha value is -1.20. The van der Waals surface area contributed by atoms with Crippen LogP contribution in [0.4, 0.5) is 4.39 Å². The van der Waals surface area contributed by atoms with Crippen LogP contribution in [0.25, 0.3) is 0 Å². The van der Waals surface area contributed by atoms with Gasteiger partial charge in [-0.1, -0.05) is 44.6 Å². The predicted molar refractivity (Wildman–Crippen MR) is 77.3 cm³/mol. The molecule has 0 atom stereocenters. The molecule has 0 fully saturated rings. The molecule has 1 aliphatic heterocycles. The van der Waals surface area contributed by atoms with Crippen LogP contribution in [0.15, 0.2) is 40.8 Å². The van der Waals surface area contributed by atoms with Crippen molar-refractivity contribution in [1.82, 2.24) is 4.31 Å². The molecular formula is C15H20FNO2S. The van der Waals surface area contributed by atoms with Crippen molar-refractivity contribution in [1.29, 1.82) is 0 Å². The molecule has 1 aliphatic rings. The highest BCUT2D eigenvalue weighted by molar-refractivity contribution is 7.89. The van der Waals surface area contributed by atoms with Crippen molar-refractivity contribution in [2.24, 2.45) is 5.41 Å². The quantitative estimate of drug-likeness (QED) is 0.786. The standard InChI is InChI=1S/C15H20FNO2S/c1-15(2,3)12-8-10-17(11-9-12)20(18,19)14-7-5-4-6-13(14)16/h4-8H,9-11H2,1-3H3. The molecule has 0 spiro atoms. The summed E-state index contributed by atoms with van der Waals surface area (Å²) in [6, 6.07) is 5.51. The molecule has 20 heavy (non-hydrogen) atoms. The third-order valence-electron chi connectivity index (χ3n) is 3.59. The Labute approximate surface area is 120 Å². The van der Waals surface area contributed by atoms with Crippen molar-refractivity contribution in [3.8, 4) is 0 Å². The van der Waals surface area contributed by atoms with E-state index in [0.29, 0.717) is 19.5 Å². The van der Waals surface area contributed by atoms with E-state index in [0.717, 1.165) is 0 Å². The van der Waals surface area contributed by atoms with E-state index in [-0.39, 0.29) is 10.3 Å². The number of hydrogen-bond acceptors (Lipinski definition) is 2. The molecule has 0 N–H and O–H groups in total. The Morgan fingerprint density at radius 3 is 2.35 bits per heavy atom. The van der Waals surface area contributed by atoms with Crippen LogP contribution in [0.3, 0.4) is 0 Å². The molecule has 2 rings (SSSR count). The van der Waals surface area contributed by atoms with Gasteiger partial charge in [0.1, 0.15) is 10.7 Å². The number of hydrogen-bond donors (Lipinski definition) is 0. The maximum Gasteiger partial charge on any atom is 0.246 e. The largest absolute Gasteiger partial charge is 0.246 e. The van der Waals surface area contributed by atoms with Crippen molar-refractivity contribution in [3.63, 3.8) is 0 Å². The van der Waals surface area contributed by atoms with Gasteiger partial charge in [0, 0.05) is 13.1 Å². The van der Waals surface area contributed by atoms with E-state index in [2.05, 4.69) is 20.8 Å². The van der Waals surface area contributed by atoms with E-state index in [1.54, 1.807) is 0 Å². The first-order valence-electron chi connectivity index (χ1n) is 6.67. The molecule has 1 aromatic rings. The maximum atomic E-state index is 13.7. The topological polar surface area (TPSA) is 37.4 Å². The molecule has 1 heterocycles. The fourth-order valence-corrected chi connectivity index (χ4v) is 3.79. The minimum atomic E-state index is -3.75. The minimum absolute atomic E-state index is 0.0495. The van der Waals surface area contributed by atoms with Crippen LogP contribution in [-0.2, 0) is 10.0 Å². The molecule has 0 saturated carbocycles. The summed E-state index contributed by atoms with van der Waals surface area (Å²) in [6.45, 7) is 7.04. The monoisotopic (exact) mass is 297 g/mol. The highest BCUT2D eigenvalue weighted by Crippen LogP contribution is 2.31. The first kappa shape index (κ1) is 15.2. The van der Waals surface area contributed by atoms with Crippen LogP contribution >= 0.6 is 0 Å². The summed E-state index contributed by atoms with van der Waals surface area (Å²) >= 11 is 0. The molecule has 0 radical (unpaired) electrons. The van der Waals surface area contributed by atoms with Gasteiger partial charge in [0.05, 0.1) is 0 Å². The fraction of sp³-hybridized carbons (Fsp3) is 0.467. The van der Waals surface area contributed by atoms with E-state index in [1.165, 1.54) is 34.1 Å². The summed E-state index contributed by atoms with van der Waals surface area (Å²) in [4.78, 5) is -0.243. The number of halogens is 1. The number of benzene rings is 1. The second-order valence-corrected chi connectivity index (χ2v) is 7.93. The average Bonchev–Trinajstić information content (AvgIpc) is 2.38. The van der Waals surface area contributed by atoms with Gasteiger partial charge < -0.3 is 0 Å². The van der Waals surface area contributed by atoms with Gasteiger partial charge in [-0.05, 0) is 24.0 Å². The first-order valence-corrected chi connectivity index (χ1v) is 8.11. The Morgan fingerprint density at radius 1 is 1.20 bits per heavy atom. The van der Waals surface area contributed by atoms with E-state index in [4.69, 9.17) is 0 Å². The van der Waals surface area contributed by atoms with Crippen molar-refractivity contribution >= 4 is 10.0 Å². The van der Waals surface area contributed by atoms with Crippen LogP contribution in [0.5, 0.6) is 0 Å². The van der Waals surface area contributed by atoms with Crippen LogP contribution in [0.1, 0.15) is 27.2 Å². The molecule has 0 aromatic heterocycles. The lowest BCUT2D eigenvalue weighted by atomic mass is 9.83. The van der Waals surface area contributed by atoms with E-state index in [1.807, 2.05) is 6.08 Å². The zero-order chi connectivity index (χ0) is 15.0. The van der Waals surface area contributed by atoms with Crippen LogP contribution in [0, 0.1) is 11.2 Å². The molecule has 3 nitrogen and oxygen atoms in total. The second-order valence-electron chi connectivity index (χ2n) is 6.02. The zero-order valence-corrected chi connectivity index (χ0v) is 12.9. The van der Waals surface area contributed by atoms with Crippen LogP contribution < -0.4 is 0 Å². The van der Waals surface area contributed by atoms with Crippen molar-refractivity contribution in [3.05, 3.63) is 41.7 Å². The first-order chi connectivity index (χ1) is 9.23. The van der Waals surface area contributed by atoms with Crippen LogP contribution in [-0.4, -0.2) is 25.8 Å². The Morgan fingerprint density at radius 2 is 1.85 bits per heavy atom. The highest BCUT2D eigenvalue weighted by atomic mass is 32.2. The summed E-state index contributed by atoms with van der Waals surface area (Å²) in [5.74, 6) is -0.696. The lowest BCUT2D eigenvalue weighted by Gasteiger charge is -2.31. The fourth-order valence-electron chi connectivity index (χ4n) is 2.34. The number of sulfonamides is 1. The van der Waals surface area contributed by atoms with Crippen molar-refractivity contribution in [2.45, 2.75) is 32.1 Å². The van der Waals surface area contributed by atoms with Gasteiger partial charge in [0.25, 0.3) is 0 Å². The van der Waals surface area contributed by atoms with Gasteiger partial charge in [-0.25, -0.2) is 12.8 Å². The molecule has 0 aliphatic carbocycles. The zero-order valence-electron chi connectivity index (χ0n) is 12.1. The highest BCUT2D eigenvalue weighted by Gasteiger charge is 2.30. The van der Waals surface area contributed by atoms with E-state index >= 15 is 0 Å². The number of nitrogens with zero attached hydrogens (tertiary/aromatic N) is 1. The minimum Gasteiger partial charge on any atom is -0.207 e. The molecular weight excluding hydrogens is 277 g/mol. The lowest BCUT2D eigenvalue weighted by Crippen LogP contribution is -2.36. The summed E-state index contributed by atoms with van der Waals surface area (Å²) in [5, 5.41) is 0. The molecule has 110 valence electrons. The van der Waals surface area contributed by atoms with Gasteiger partial charge in [-0.2, -0.15) is 4.31 Å². The molecule has 0 bridgehead atoms. The van der Waals surface area contributed by atoms with Gasteiger partial charge in [-0.3, -0.25) is 0 Å². The van der Waals surface area contributed by atoms with E-state index < -0.39 is 15.8 Å². The average molecular weight is 297 g/mol. The Kier molecular flexibility index (Phi) is 4.02. The second kappa shape index (κ2) is 5.30. The predicted octanol–water partition coefficient (Wildman–Crippen LogP) is 3.19. The molecule has 1 aromatic carbocycles. The summed E-state index contributed by atoms with van der Waals surface area (Å²) < 4.78 is 39.9. The van der Waals surface area contributed by atoms with Gasteiger partial charge >= 0.3 is 0 Å². The van der Waals surface area contributed by atoms with Gasteiger partial charge in [0.15, 0.2) is 0 Å². The summed E-state index contributed by atoms with van der Waals surface area (Å²) in [7, 11) is -3.75.